The van der Waals surface area contributed by atoms with Crippen molar-refractivity contribution in [3.63, 3.8) is 0 Å². The number of nitrogens with zero attached hydrogens (tertiary/aromatic N) is 15. The van der Waals surface area contributed by atoms with E-state index < -0.39 is 29.5 Å². The molecule has 117 heavy (non-hydrogen) atoms. The first-order chi connectivity index (χ1) is 55.7. The molecule has 0 spiro atoms. The van der Waals surface area contributed by atoms with E-state index in [2.05, 4.69) is 62.1 Å². The van der Waals surface area contributed by atoms with Gasteiger partial charge >= 0.3 is 0 Å². The number of amides is 7. The summed E-state index contributed by atoms with van der Waals surface area (Å²) in [6.45, 7) is 4.12. The van der Waals surface area contributed by atoms with Crippen molar-refractivity contribution in [2.75, 3.05) is 39.7 Å². The fourth-order valence-electron chi connectivity index (χ4n) is 13.6. The minimum absolute atomic E-state index is 0.0217. The number of carbonyl (C=O) groups is 14. The second-order valence-corrected chi connectivity index (χ2v) is 29.3. The van der Waals surface area contributed by atoms with E-state index in [4.69, 9.17) is 0 Å². The number of Topliss-reactive ketones (excluding diaryl/α,β-unsaturated/α-hetero) is 7. The standard InChI is InChI=1S/C81H98N22O14/c1-13-15-22-61(105)56-28-48(38-94(56)3)31-63(107)73-85-54(44-100(73)9)37-66(110)74-84-51(43-99(74)8)34-55(104)21-19-23-62(106)57-29-49(39-95(57)4)32-64(108)75-92-68(46-102(75)11)89-71(112)24-17-16-18-26-82-78(114)59-36-53(42-98(59)7)87-81(117)77-93-69(47-103(77)12)90-72(113)25-27-83-79(115)60-35-52(41-97(60)6)86-80(116)58-30-50(40-96(58)5)33-65(109)76-91-67(45-101(76)10)88-70(111)20-14-2/h28-30,35-36,38-47H,13-27,31-34,37H2,1-12H3,(H,82,114)(H,83,115)(H,86,116)(H,87,117)(H,88,111)(H,89,112)(H,90,113). The van der Waals surface area contributed by atoms with Gasteiger partial charge in [0.2, 0.25) is 46.7 Å². The van der Waals surface area contributed by atoms with Crippen LogP contribution in [0.4, 0.5) is 28.8 Å². The first-order valence-corrected chi connectivity index (χ1v) is 38.4. The second kappa shape index (κ2) is 38.5. The van der Waals surface area contributed by atoms with E-state index in [1.807, 2.05) is 13.8 Å². The van der Waals surface area contributed by atoms with E-state index in [1.54, 1.807) is 166 Å². The third kappa shape index (κ3) is 22.5. The normalized spacial score (nSPS) is 11.2. The first kappa shape index (κ1) is 85.8. The molecule has 0 radical (unpaired) electrons. The van der Waals surface area contributed by atoms with Crippen LogP contribution in [0, 0.1) is 0 Å². The fraction of sp³-hybridized carbons (Fsp3) is 0.395. The van der Waals surface area contributed by atoms with Gasteiger partial charge in [-0.15, -0.1) is 0 Å². The predicted octanol–water partition coefficient (Wildman–Crippen LogP) is 7.22. The van der Waals surface area contributed by atoms with Gasteiger partial charge in [0, 0.05) is 203 Å². The lowest BCUT2D eigenvalue weighted by atomic mass is 10.1. The van der Waals surface area contributed by atoms with Gasteiger partial charge in [0.1, 0.15) is 22.9 Å². The smallest absolute Gasteiger partial charge is 0.291 e. The van der Waals surface area contributed by atoms with Crippen LogP contribution in [-0.4, -0.2) is 166 Å². The fourth-order valence-corrected chi connectivity index (χ4v) is 13.6. The predicted molar refractivity (Wildman–Crippen MR) is 430 cm³/mol. The number of anilines is 5. The van der Waals surface area contributed by atoms with E-state index in [1.165, 1.54) is 42.8 Å². The number of rotatable bonds is 43. The SMILES string of the molecule is CCCCC(=O)c1cc(CC(=O)c2nc(CC(=O)c3nc(CC(=O)CCCC(=O)c4cc(CC(=O)c5nc(NC(=O)CCCCCNC(=O)c6cc(NC(=O)c7nc(NC(=O)CCNC(=O)c8cc(NC(=O)c9cc(CC(=O)c%10nc(NC(=O)CCC)cn%10C)cn9C)cn8C)cn7C)cn6C)cn5C)cn4C)cn3C)cn2C)cn1C. The highest BCUT2D eigenvalue weighted by molar-refractivity contribution is 6.07. The van der Waals surface area contributed by atoms with Gasteiger partial charge in [0.15, 0.2) is 52.3 Å². The number of carbonyl (C=O) groups excluding carboxylic acids is 14. The molecule has 0 atom stereocenters. The molecule has 0 aliphatic carbocycles. The molecule has 0 bridgehead atoms. The zero-order chi connectivity index (χ0) is 84.6. The summed E-state index contributed by atoms with van der Waals surface area (Å²) < 4.78 is 15.6. The first-order valence-electron chi connectivity index (χ1n) is 38.4. The van der Waals surface area contributed by atoms with Crippen LogP contribution in [-0.2, 0) is 122 Å². The molecule has 0 fully saturated rings. The van der Waals surface area contributed by atoms with Crippen molar-refractivity contribution in [3.05, 3.63) is 178 Å². The molecule has 10 heterocycles. The summed E-state index contributed by atoms with van der Waals surface area (Å²) in [6, 6.07) is 7.93. The van der Waals surface area contributed by atoms with Crippen LogP contribution in [0.1, 0.15) is 231 Å². The zero-order valence-corrected chi connectivity index (χ0v) is 67.7. The van der Waals surface area contributed by atoms with E-state index in [0.717, 1.165) is 12.8 Å². The van der Waals surface area contributed by atoms with Gasteiger partial charge in [-0.25, -0.2) is 24.9 Å². The Bertz CT molecular complexity index is 5490. The maximum absolute atomic E-state index is 13.6. The molecular weight excluding hydrogens is 1510 g/mol. The number of aromatic nitrogens is 15. The molecule has 7 N–H and O–H groups in total. The summed E-state index contributed by atoms with van der Waals surface area (Å²) in [5.41, 5.74) is 4.81. The third-order valence-electron chi connectivity index (χ3n) is 19.4. The minimum atomic E-state index is -0.626. The van der Waals surface area contributed by atoms with Gasteiger partial charge in [-0.3, -0.25) is 67.1 Å². The average Bonchev–Trinajstić information content (AvgIpc) is 1.68. The monoisotopic (exact) mass is 1600 g/mol. The maximum atomic E-state index is 13.6. The van der Waals surface area contributed by atoms with Crippen LogP contribution in [0.2, 0.25) is 0 Å². The van der Waals surface area contributed by atoms with Gasteiger partial charge in [-0.1, -0.05) is 26.7 Å². The van der Waals surface area contributed by atoms with Gasteiger partial charge in [-0.2, -0.15) is 0 Å². The highest BCUT2D eigenvalue weighted by Gasteiger charge is 2.27. The Kier molecular flexibility index (Phi) is 28.3. The molecule has 0 saturated carbocycles. The molecule has 0 aliphatic rings. The molecule has 36 nitrogen and oxygen atoms in total. The molecule has 7 amide bonds. The lowest BCUT2D eigenvalue weighted by molar-refractivity contribution is -0.119. The van der Waals surface area contributed by atoms with Crippen LogP contribution in [0.5, 0.6) is 0 Å². The number of hydrogen-bond acceptors (Lipinski definition) is 19. The van der Waals surface area contributed by atoms with Crippen molar-refractivity contribution < 1.29 is 67.1 Å². The van der Waals surface area contributed by atoms with Gasteiger partial charge in [0.25, 0.3) is 23.6 Å². The molecule has 0 unspecified atom stereocenters. The molecule has 0 saturated heterocycles. The molecular formula is C81H98N22O14. The molecule has 10 rings (SSSR count). The van der Waals surface area contributed by atoms with Crippen LogP contribution in [0.3, 0.4) is 0 Å². The Morgan fingerprint density at radius 3 is 1.16 bits per heavy atom. The highest BCUT2D eigenvalue weighted by Crippen LogP contribution is 2.23. The minimum Gasteiger partial charge on any atom is -0.351 e. The second-order valence-electron chi connectivity index (χ2n) is 29.3. The lowest BCUT2D eigenvalue weighted by Crippen LogP contribution is -2.29. The number of ketones is 7. The van der Waals surface area contributed by atoms with Crippen molar-refractivity contribution in [2.45, 2.75) is 129 Å². The average molecular weight is 1600 g/mol. The van der Waals surface area contributed by atoms with E-state index in [-0.39, 0.29) is 187 Å². The van der Waals surface area contributed by atoms with Crippen molar-refractivity contribution in [1.82, 2.24) is 81.2 Å². The summed E-state index contributed by atoms with van der Waals surface area (Å²) in [7, 11) is 16.6. The van der Waals surface area contributed by atoms with E-state index in [0.29, 0.717) is 95.9 Å². The number of nitrogens with one attached hydrogen (secondary N) is 7. The molecule has 36 heteroatoms. The zero-order valence-electron chi connectivity index (χ0n) is 67.7. The van der Waals surface area contributed by atoms with Crippen LogP contribution in [0.25, 0.3) is 0 Å². The lowest BCUT2D eigenvalue weighted by Gasteiger charge is -2.06. The van der Waals surface area contributed by atoms with Crippen molar-refractivity contribution in [3.8, 4) is 0 Å². The number of hydrogen-bond donors (Lipinski definition) is 7. The number of aryl methyl sites for hydroxylation is 10. The molecule has 0 aromatic carbocycles. The summed E-state index contributed by atoms with van der Waals surface area (Å²) >= 11 is 0. The van der Waals surface area contributed by atoms with Crippen LogP contribution in [0.15, 0.2) is 92.3 Å². The topological polar surface area (TPSA) is 437 Å². The Morgan fingerprint density at radius 2 is 0.667 bits per heavy atom. The summed E-state index contributed by atoms with van der Waals surface area (Å²) in [5.74, 6) is -3.70. The molecule has 10 aromatic heterocycles. The Hall–Kier alpha value is -13.6. The molecule has 0 aliphatic heterocycles. The number of imidazole rings is 5. The van der Waals surface area contributed by atoms with E-state index >= 15 is 0 Å². The third-order valence-corrected chi connectivity index (χ3v) is 19.4. The van der Waals surface area contributed by atoms with Gasteiger partial charge < -0.3 is 82.9 Å². The Balaban J connectivity index is 0.582. The van der Waals surface area contributed by atoms with Crippen molar-refractivity contribution in [2.24, 2.45) is 70.5 Å². The maximum Gasteiger partial charge on any atom is 0.291 e. The summed E-state index contributed by atoms with van der Waals surface area (Å²) in [4.78, 5) is 206. The largest absolute Gasteiger partial charge is 0.351 e. The van der Waals surface area contributed by atoms with Crippen molar-refractivity contribution in [1.29, 1.82) is 0 Å². The van der Waals surface area contributed by atoms with E-state index in [9.17, 15) is 67.1 Å². The quantitative estimate of drug-likeness (QED) is 0.0146. The summed E-state index contributed by atoms with van der Waals surface area (Å²) in [5, 5.41) is 19.1. The highest BCUT2D eigenvalue weighted by atomic mass is 16.2. The van der Waals surface area contributed by atoms with Gasteiger partial charge in [0.05, 0.1) is 47.0 Å². The Labute approximate surface area is 673 Å². The summed E-state index contributed by atoms with van der Waals surface area (Å²) in [6.07, 6.45) is 20.8. The van der Waals surface area contributed by atoms with Crippen molar-refractivity contribution >= 4 is 111 Å². The van der Waals surface area contributed by atoms with Gasteiger partial charge in [-0.05, 0) is 79.1 Å². The number of unbranched alkanes of at least 4 members (excludes halogenated alkanes) is 3. The van der Waals surface area contributed by atoms with Crippen LogP contribution < -0.4 is 37.2 Å². The molecule has 616 valence electrons. The Morgan fingerprint density at radius 1 is 0.282 bits per heavy atom. The van der Waals surface area contributed by atoms with Crippen LogP contribution >= 0.6 is 0 Å². The molecule has 10 aromatic rings.